The van der Waals surface area contributed by atoms with E-state index in [0.29, 0.717) is 0 Å². The zero-order valence-corrected chi connectivity index (χ0v) is 8.24. The van der Waals surface area contributed by atoms with Crippen LogP contribution < -0.4 is 0 Å². The molecule has 0 heterocycles. The van der Waals surface area contributed by atoms with E-state index in [1.165, 1.54) is 7.11 Å². The maximum atomic E-state index is 11.3. The Morgan fingerprint density at radius 2 is 1.92 bits per heavy atom. The van der Waals surface area contributed by atoms with Gasteiger partial charge < -0.3 is 9.84 Å². The van der Waals surface area contributed by atoms with Crippen LogP contribution >= 0.6 is 0 Å². The molecule has 0 aromatic carbocycles. The highest BCUT2D eigenvalue weighted by Gasteiger charge is 2.28. The van der Waals surface area contributed by atoms with E-state index < -0.39 is 11.9 Å². The van der Waals surface area contributed by atoms with Crippen LogP contribution in [0.5, 0.6) is 0 Å². The van der Waals surface area contributed by atoms with Crippen molar-refractivity contribution in [1.82, 2.24) is 0 Å². The first-order valence-electron chi connectivity index (χ1n) is 4.25. The van der Waals surface area contributed by atoms with Crippen molar-refractivity contribution in [2.45, 2.75) is 20.3 Å². The zero-order chi connectivity index (χ0) is 10.4. The lowest BCUT2D eigenvalue weighted by molar-refractivity contribution is -0.148. The quantitative estimate of drug-likeness (QED) is 0.630. The van der Waals surface area contributed by atoms with Gasteiger partial charge in [-0.15, -0.1) is 0 Å². The summed E-state index contributed by atoms with van der Waals surface area (Å²) in [6, 6.07) is 0. The molecule has 0 aliphatic carbocycles. The maximum Gasteiger partial charge on any atom is 0.314 e. The van der Waals surface area contributed by atoms with Gasteiger partial charge in [-0.3, -0.25) is 9.59 Å². The van der Waals surface area contributed by atoms with E-state index in [1.807, 2.05) is 0 Å². The van der Waals surface area contributed by atoms with E-state index in [1.54, 1.807) is 13.8 Å². The molecule has 1 atom stereocenters. The highest BCUT2D eigenvalue weighted by Crippen LogP contribution is 2.14. The maximum absolute atomic E-state index is 11.3. The fourth-order valence-corrected chi connectivity index (χ4v) is 1.15. The second-order valence-corrected chi connectivity index (χ2v) is 3.27. The second kappa shape index (κ2) is 5.70. The molecule has 0 saturated heterocycles. The lowest BCUT2D eigenvalue weighted by Crippen LogP contribution is -2.29. The third-order valence-corrected chi connectivity index (χ3v) is 1.83. The molecule has 76 valence electrons. The highest BCUT2D eigenvalue weighted by atomic mass is 16.5. The van der Waals surface area contributed by atoms with Crippen LogP contribution in [-0.4, -0.2) is 30.6 Å². The van der Waals surface area contributed by atoms with E-state index in [9.17, 15) is 9.59 Å². The van der Waals surface area contributed by atoms with Crippen LogP contribution in [0.3, 0.4) is 0 Å². The predicted molar refractivity (Wildman–Crippen MR) is 47.5 cm³/mol. The molecule has 0 aliphatic rings. The van der Waals surface area contributed by atoms with Crippen LogP contribution in [0, 0.1) is 11.8 Å². The Labute approximate surface area is 77.9 Å². The summed E-state index contributed by atoms with van der Waals surface area (Å²) < 4.78 is 4.71. The van der Waals surface area contributed by atoms with Gasteiger partial charge in [-0.25, -0.2) is 0 Å². The molecule has 4 heteroatoms. The number of hydrogen-bond acceptors (Lipinski definition) is 3. The third-order valence-electron chi connectivity index (χ3n) is 1.83. The van der Waals surface area contributed by atoms with Crippen LogP contribution in [0.1, 0.15) is 20.3 Å². The molecule has 0 aromatic rings. The Bertz CT molecular complexity index is 186. The Morgan fingerprint density at radius 1 is 1.38 bits per heavy atom. The summed E-state index contributed by atoms with van der Waals surface area (Å²) >= 11 is 0. The van der Waals surface area contributed by atoms with Gasteiger partial charge in [0, 0.05) is 13.5 Å². The van der Waals surface area contributed by atoms with Gasteiger partial charge in [-0.1, -0.05) is 13.8 Å². The molecular weight excluding hydrogens is 172 g/mol. The molecule has 0 aromatic heterocycles. The summed E-state index contributed by atoms with van der Waals surface area (Å²) in [6.07, 6.45) is 0.172. The lowest BCUT2D eigenvalue weighted by atomic mass is 9.90. The normalized spacial score (nSPS) is 12.9. The first-order chi connectivity index (χ1) is 6.00. The largest absolute Gasteiger partial charge is 0.481 e. The molecule has 1 N–H and O–H groups in total. The van der Waals surface area contributed by atoms with Gasteiger partial charge >= 0.3 is 5.97 Å². The SMILES string of the molecule is COCCC(=O)C(C(=O)O)C(C)C. The van der Waals surface area contributed by atoms with E-state index in [4.69, 9.17) is 9.84 Å². The number of aliphatic carboxylic acids is 1. The van der Waals surface area contributed by atoms with Crippen LogP contribution in [-0.2, 0) is 14.3 Å². The number of methoxy groups -OCH3 is 1. The molecule has 4 nitrogen and oxygen atoms in total. The molecule has 1 unspecified atom stereocenters. The highest BCUT2D eigenvalue weighted by molar-refractivity contribution is 5.98. The summed E-state index contributed by atoms with van der Waals surface area (Å²) in [7, 11) is 1.48. The summed E-state index contributed by atoms with van der Waals surface area (Å²) in [5.74, 6) is -2.36. The number of Topliss-reactive ketones (excluding diaryl/α,β-unsaturated/α-hetero) is 1. The molecular formula is C9H16O4. The van der Waals surface area contributed by atoms with E-state index >= 15 is 0 Å². The molecule has 0 saturated carbocycles. The van der Waals surface area contributed by atoms with Crippen molar-refractivity contribution in [2.24, 2.45) is 11.8 Å². The van der Waals surface area contributed by atoms with Crippen LogP contribution in [0.15, 0.2) is 0 Å². The second-order valence-electron chi connectivity index (χ2n) is 3.27. The molecule has 0 aliphatic heterocycles. The molecule has 0 bridgehead atoms. The van der Waals surface area contributed by atoms with Crippen molar-refractivity contribution >= 4 is 11.8 Å². The van der Waals surface area contributed by atoms with Crippen molar-refractivity contribution in [3.05, 3.63) is 0 Å². The number of rotatable bonds is 6. The number of carbonyl (C=O) groups excluding carboxylic acids is 1. The van der Waals surface area contributed by atoms with Gasteiger partial charge in [0.2, 0.25) is 0 Å². The van der Waals surface area contributed by atoms with Crippen LogP contribution in [0.2, 0.25) is 0 Å². The fourth-order valence-electron chi connectivity index (χ4n) is 1.15. The zero-order valence-electron chi connectivity index (χ0n) is 8.24. The summed E-state index contributed by atoms with van der Waals surface area (Å²) in [5.41, 5.74) is 0. The first kappa shape index (κ1) is 12.1. The van der Waals surface area contributed by atoms with Gasteiger partial charge in [-0.05, 0) is 5.92 Å². The van der Waals surface area contributed by atoms with Gasteiger partial charge in [0.25, 0.3) is 0 Å². The minimum Gasteiger partial charge on any atom is -0.481 e. The summed E-state index contributed by atoms with van der Waals surface area (Å²) in [5, 5.41) is 8.75. The lowest BCUT2D eigenvalue weighted by Gasteiger charge is -2.14. The Hall–Kier alpha value is -0.900. The average molecular weight is 188 g/mol. The van der Waals surface area contributed by atoms with Crippen molar-refractivity contribution in [3.8, 4) is 0 Å². The fraction of sp³-hybridized carbons (Fsp3) is 0.778. The summed E-state index contributed by atoms with van der Waals surface area (Å²) in [6.45, 7) is 3.74. The molecule has 0 fully saturated rings. The molecule has 0 radical (unpaired) electrons. The van der Waals surface area contributed by atoms with Gasteiger partial charge in [-0.2, -0.15) is 0 Å². The number of carboxylic acids is 1. The van der Waals surface area contributed by atoms with Gasteiger partial charge in [0.1, 0.15) is 11.7 Å². The first-order valence-corrected chi connectivity index (χ1v) is 4.25. The Morgan fingerprint density at radius 3 is 2.23 bits per heavy atom. The number of hydrogen-bond donors (Lipinski definition) is 1. The van der Waals surface area contributed by atoms with Crippen molar-refractivity contribution in [2.75, 3.05) is 13.7 Å². The van der Waals surface area contributed by atoms with Crippen molar-refractivity contribution in [1.29, 1.82) is 0 Å². The average Bonchev–Trinajstić information content (AvgIpc) is 1.99. The number of carbonyl (C=O) groups is 2. The monoisotopic (exact) mass is 188 g/mol. The number of ketones is 1. The number of ether oxygens (including phenoxy) is 1. The van der Waals surface area contributed by atoms with Crippen LogP contribution in [0.25, 0.3) is 0 Å². The van der Waals surface area contributed by atoms with E-state index in [2.05, 4.69) is 0 Å². The topological polar surface area (TPSA) is 63.6 Å². The molecule has 13 heavy (non-hydrogen) atoms. The Kier molecular flexibility index (Phi) is 5.30. The predicted octanol–water partition coefficient (Wildman–Crippen LogP) is 0.949. The Balaban J connectivity index is 4.21. The smallest absolute Gasteiger partial charge is 0.314 e. The minimum absolute atomic E-state index is 0.165. The molecule has 0 spiro atoms. The third kappa shape index (κ3) is 4.03. The van der Waals surface area contributed by atoms with Crippen molar-refractivity contribution in [3.63, 3.8) is 0 Å². The minimum atomic E-state index is -1.05. The summed E-state index contributed by atoms with van der Waals surface area (Å²) in [4.78, 5) is 22.0. The number of carboxylic acid groups (broad SMARTS) is 1. The van der Waals surface area contributed by atoms with Gasteiger partial charge in [0.05, 0.1) is 6.61 Å². The molecule has 0 amide bonds. The van der Waals surface area contributed by atoms with E-state index in [0.717, 1.165) is 0 Å². The van der Waals surface area contributed by atoms with Crippen LogP contribution in [0.4, 0.5) is 0 Å². The molecule has 0 rings (SSSR count). The van der Waals surface area contributed by atoms with E-state index in [-0.39, 0.29) is 24.7 Å². The van der Waals surface area contributed by atoms with Crippen molar-refractivity contribution < 1.29 is 19.4 Å². The standard InChI is InChI=1S/C9H16O4/c1-6(2)8(9(11)12)7(10)4-5-13-3/h6,8H,4-5H2,1-3H3,(H,11,12). The van der Waals surface area contributed by atoms with Gasteiger partial charge in [0.15, 0.2) is 0 Å².